The van der Waals surface area contributed by atoms with Crippen molar-refractivity contribution in [2.45, 2.75) is 32.4 Å². The summed E-state index contributed by atoms with van der Waals surface area (Å²) in [6.07, 6.45) is 0.0181. The molecular weight excluding hydrogens is 322 g/mol. The lowest BCUT2D eigenvalue weighted by Crippen LogP contribution is -2.40. The first-order valence-electron chi connectivity index (χ1n) is 6.68. The van der Waals surface area contributed by atoms with Crippen molar-refractivity contribution in [1.29, 1.82) is 0 Å². The van der Waals surface area contributed by atoms with Gasteiger partial charge in [0.05, 0.1) is 13.2 Å². The zero-order valence-corrected chi connectivity index (χ0v) is 13.7. The lowest BCUT2D eigenvalue weighted by atomic mass is 10.0. The number of carbonyl (C=O) groups is 1. The highest BCUT2D eigenvalue weighted by molar-refractivity contribution is 9.10. The normalized spacial score (nSPS) is 14.1. The van der Waals surface area contributed by atoms with Crippen LogP contribution >= 0.6 is 15.9 Å². The molecule has 0 amide bonds. The van der Waals surface area contributed by atoms with E-state index in [2.05, 4.69) is 21.2 Å². The molecule has 1 rings (SSSR count). The molecule has 0 saturated heterocycles. The highest BCUT2D eigenvalue weighted by Gasteiger charge is 2.21. The molecule has 20 heavy (non-hydrogen) atoms. The Kier molecular flexibility index (Phi) is 7.19. The van der Waals surface area contributed by atoms with Crippen molar-refractivity contribution in [2.24, 2.45) is 5.92 Å². The van der Waals surface area contributed by atoms with Gasteiger partial charge in [0.15, 0.2) is 0 Å². The van der Waals surface area contributed by atoms with Crippen LogP contribution < -0.4 is 5.32 Å². The molecule has 4 nitrogen and oxygen atoms in total. The number of methoxy groups -OCH3 is 1. The maximum Gasteiger partial charge on any atom is 0.322 e. The van der Waals surface area contributed by atoms with Crippen LogP contribution in [0, 0.1) is 5.92 Å². The van der Waals surface area contributed by atoms with Gasteiger partial charge in [-0.25, -0.2) is 0 Å². The van der Waals surface area contributed by atoms with Gasteiger partial charge in [-0.05, 0) is 30.0 Å². The molecule has 0 spiro atoms. The van der Waals surface area contributed by atoms with Gasteiger partial charge < -0.3 is 15.2 Å². The van der Waals surface area contributed by atoms with Gasteiger partial charge in [0.25, 0.3) is 0 Å². The van der Waals surface area contributed by atoms with Crippen LogP contribution in [0.3, 0.4) is 0 Å². The summed E-state index contributed by atoms with van der Waals surface area (Å²) < 4.78 is 5.70. The van der Waals surface area contributed by atoms with E-state index in [0.717, 1.165) is 10.0 Å². The van der Waals surface area contributed by atoms with Crippen molar-refractivity contribution in [3.63, 3.8) is 0 Å². The second-order valence-electron chi connectivity index (χ2n) is 5.18. The van der Waals surface area contributed by atoms with E-state index in [1.54, 1.807) is 0 Å². The van der Waals surface area contributed by atoms with Crippen LogP contribution in [0.15, 0.2) is 28.7 Å². The lowest BCUT2D eigenvalue weighted by molar-refractivity contribution is -0.143. The molecule has 0 aromatic heterocycles. The molecule has 0 radical (unpaired) electrons. The van der Waals surface area contributed by atoms with Gasteiger partial charge in [0.2, 0.25) is 0 Å². The monoisotopic (exact) mass is 343 g/mol. The number of benzene rings is 1. The molecule has 2 unspecified atom stereocenters. The summed E-state index contributed by atoms with van der Waals surface area (Å²) >= 11 is 3.37. The van der Waals surface area contributed by atoms with Gasteiger partial charge in [0, 0.05) is 11.0 Å². The van der Waals surface area contributed by atoms with Gasteiger partial charge in [-0.15, -0.1) is 0 Å². The van der Waals surface area contributed by atoms with Crippen LogP contribution in [-0.2, 0) is 9.53 Å². The van der Waals surface area contributed by atoms with E-state index in [0.29, 0.717) is 18.9 Å². The number of hydrogen-bond acceptors (Lipinski definition) is 4. The summed E-state index contributed by atoms with van der Waals surface area (Å²) in [4.78, 5) is 11.7. The van der Waals surface area contributed by atoms with Crippen LogP contribution in [0.4, 0.5) is 0 Å². The van der Waals surface area contributed by atoms with Crippen molar-refractivity contribution in [3.05, 3.63) is 34.3 Å². The molecule has 0 aliphatic heterocycles. The molecule has 0 fully saturated rings. The van der Waals surface area contributed by atoms with Crippen molar-refractivity contribution >= 4 is 21.9 Å². The van der Waals surface area contributed by atoms with Gasteiger partial charge in [-0.1, -0.05) is 41.9 Å². The molecule has 0 saturated carbocycles. The van der Waals surface area contributed by atoms with Crippen molar-refractivity contribution in [3.8, 4) is 0 Å². The van der Waals surface area contributed by atoms with Crippen molar-refractivity contribution in [1.82, 2.24) is 5.32 Å². The quantitative estimate of drug-likeness (QED) is 0.747. The largest absolute Gasteiger partial charge is 0.468 e. The number of esters is 1. The zero-order valence-electron chi connectivity index (χ0n) is 12.1. The molecule has 0 aliphatic carbocycles. The minimum atomic E-state index is -0.660. The van der Waals surface area contributed by atoms with E-state index in [-0.39, 0.29) is 12.0 Å². The van der Waals surface area contributed by atoms with E-state index in [1.807, 2.05) is 38.1 Å². The molecule has 2 atom stereocenters. The summed E-state index contributed by atoms with van der Waals surface area (Å²) in [5, 5.41) is 13.2. The Balaban J connectivity index is 2.60. The highest BCUT2D eigenvalue weighted by Crippen LogP contribution is 2.18. The molecular formula is C15H22BrNO3. The molecule has 0 bridgehead atoms. The van der Waals surface area contributed by atoms with Crippen molar-refractivity contribution in [2.75, 3.05) is 13.7 Å². The number of halogens is 1. The van der Waals surface area contributed by atoms with Crippen LogP contribution in [0.1, 0.15) is 31.9 Å². The van der Waals surface area contributed by atoms with E-state index in [9.17, 15) is 9.90 Å². The van der Waals surface area contributed by atoms with Crippen LogP contribution in [-0.4, -0.2) is 30.8 Å². The third-order valence-electron chi connectivity index (χ3n) is 2.98. The fourth-order valence-corrected chi connectivity index (χ4v) is 2.38. The molecule has 2 N–H and O–H groups in total. The molecule has 1 aromatic rings. The molecule has 112 valence electrons. The summed E-state index contributed by atoms with van der Waals surface area (Å²) in [5.41, 5.74) is 0.806. The van der Waals surface area contributed by atoms with E-state index in [1.165, 1.54) is 7.11 Å². The Morgan fingerprint density at radius 3 is 2.70 bits per heavy atom. The van der Waals surface area contributed by atoms with Gasteiger partial charge in [0.1, 0.15) is 6.04 Å². The minimum absolute atomic E-state index is 0.292. The first kappa shape index (κ1) is 17.1. The van der Waals surface area contributed by atoms with E-state index >= 15 is 0 Å². The maximum atomic E-state index is 11.7. The standard InChI is InChI=1S/C15H22BrNO3/c1-10(2)7-13(15(19)20-3)17-9-14(18)11-5-4-6-12(16)8-11/h4-6,8,10,13-14,17-18H,7,9H2,1-3H3. The Labute approximate surface area is 128 Å². The number of hydrogen-bond donors (Lipinski definition) is 2. The fraction of sp³-hybridized carbons (Fsp3) is 0.533. The SMILES string of the molecule is COC(=O)C(CC(C)C)NCC(O)c1cccc(Br)c1. The summed E-state index contributed by atoms with van der Waals surface area (Å²) in [7, 11) is 1.38. The third-order valence-corrected chi connectivity index (χ3v) is 3.48. The fourth-order valence-electron chi connectivity index (χ4n) is 1.96. The molecule has 0 aliphatic rings. The van der Waals surface area contributed by atoms with Crippen molar-refractivity contribution < 1.29 is 14.6 Å². The second-order valence-corrected chi connectivity index (χ2v) is 6.10. The Bertz CT molecular complexity index is 437. The molecule has 1 aromatic carbocycles. The Hall–Kier alpha value is -0.910. The summed E-state index contributed by atoms with van der Waals surface area (Å²) in [5.74, 6) is 0.0785. The highest BCUT2D eigenvalue weighted by atomic mass is 79.9. The van der Waals surface area contributed by atoms with E-state index < -0.39 is 6.10 Å². The van der Waals surface area contributed by atoms with Gasteiger partial charge >= 0.3 is 5.97 Å². The van der Waals surface area contributed by atoms with Gasteiger partial charge in [-0.2, -0.15) is 0 Å². The average Bonchev–Trinajstić information content (AvgIpc) is 2.41. The Morgan fingerprint density at radius 1 is 1.45 bits per heavy atom. The number of nitrogens with one attached hydrogen (secondary N) is 1. The summed E-state index contributed by atoms with van der Waals surface area (Å²) in [6, 6.07) is 7.10. The predicted molar refractivity (Wildman–Crippen MR) is 82.4 cm³/mol. The number of rotatable bonds is 7. The average molecular weight is 344 g/mol. The number of aliphatic hydroxyl groups excluding tert-OH is 1. The predicted octanol–water partition coefficient (Wildman–Crippen LogP) is 2.66. The lowest BCUT2D eigenvalue weighted by Gasteiger charge is -2.20. The minimum Gasteiger partial charge on any atom is -0.468 e. The number of carbonyl (C=O) groups excluding carboxylic acids is 1. The number of aliphatic hydroxyl groups is 1. The second kappa shape index (κ2) is 8.39. The molecule has 5 heteroatoms. The topological polar surface area (TPSA) is 58.6 Å². The first-order chi connectivity index (χ1) is 9.43. The van der Waals surface area contributed by atoms with Crippen LogP contribution in [0.25, 0.3) is 0 Å². The zero-order chi connectivity index (χ0) is 15.1. The van der Waals surface area contributed by atoms with Crippen LogP contribution in [0.2, 0.25) is 0 Å². The summed E-state index contributed by atoms with van der Waals surface area (Å²) in [6.45, 7) is 4.40. The smallest absolute Gasteiger partial charge is 0.322 e. The Morgan fingerprint density at radius 2 is 2.15 bits per heavy atom. The van der Waals surface area contributed by atoms with Gasteiger partial charge in [-0.3, -0.25) is 4.79 Å². The van der Waals surface area contributed by atoms with Crippen LogP contribution in [0.5, 0.6) is 0 Å². The maximum absolute atomic E-state index is 11.7. The van der Waals surface area contributed by atoms with E-state index in [4.69, 9.17) is 4.74 Å². The first-order valence-corrected chi connectivity index (χ1v) is 7.48. The third kappa shape index (κ3) is 5.61. The molecule has 0 heterocycles. The number of ether oxygens (including phenoxy) is 1.